The number of anilines is 1. The number of hydrogen-bond donors (Lipinski definition) is 1. The van der Waals surface area contributed by atoms with E-state index in [1.807, 2.05) is 61.5 Å². The molecule has 0 heterocycles. The van der Waals surface area contributed by atoms with Crippen LogP contribution in [-0.2, 0) is 11.3 Å². The van der Waals surface area contributed by atoms with Gasteiger partial charge in [-0.25, -0.2) is 0 Å². The summed E-state index contributed by atoms with van der Waals surface area (Å²) in [6, 6.07) is 25.8. The van der Waals surface area contributed by atoms with Gasteiger partial charge in [-0.15, -0.1) is 0 Å². The molecule has 1 atom stereocenters. The van der Waals surface area contributed by atoms with Crippen LogP contribution in [0.2, 0.25) is 0 Å². The van der Waals surface area contributed by atoms with Crippen LogP contribution in [0.3, 0.4) is 0 Å². The standard InChI is InChI=1S/C25H23N3O2/c1-18(22-11-7-13-24(15-22)27-19(2)29)28(17-20-8-4-3-5-9-20)25(30)23-12-6-10-21(14-23)16-26/h3-15,18H,17H2,1-2H3,(H,27,29). The van der Waals surface area contributed by atoms with Crippen LogP contribution in [0.15, 0.2) is 78.9 Å². The quantitative estimate of drug-likeness (QED) is 0.642. The molecule has 0 aliphatic heterocycles. The highest BCUT2D eigenvalue weighted by atomic mass is 16.2. The Bertz CT molecular complexity index is 1090. The summed E-state index contributed by atoms with van der Waals surface area (Å²) in [5.74, 6) is -0.307. The van der Waals surface area contributed by atoms with Crippen LogP contribution in [-0.4, -0.2) is 16.7 Å². The van der Waals surface area contributed by atoms with Gasteiger partial charge in [0.1, 0.15) is 0 Å². The van der Waals surface area contributed by atoms with Crippen molar-refractivity contribution >= 4 is 17.5 Å². The molecule has 2 amide bonds. The lowest BCUT2D eigenvalue weighted by atomic mass is 10.0. The highest BCUT2D eigenvalue weighted by Crippen LogP contribution is 2.27. The molecule has 5 heteroatoms. The van der Waals surface area contributed by atoms with Gasteiger partial charge in [0.2, 0.25) is 5.91 Å². The van der Waals surface area contributed by atoms with Gasteiger partial charge < -0.3 is 10.2 Å². The zero-order chi connectivity index (χ0) is 21.5. The molecule has 0 saturated carbocycles. The molecule has 0 spiro atoms. The summed E-state index contributed by atoms with van der Waals surface area (Å²) >= 11 is 0. The number of carbonyl (C=O) groups is 2. The Labute approximate surface area is 176 Å². The Kier molecular flexibility index (Phi) is 6.61. The van der Waals surface area contributed by atoms with Crippen molar-refractivity contribution in [2.45, 2.75) is 26.4 Å². The lowest BCUT2D eigenvalue weighted by Gasteiger charge is -2.30. The number of nitriles is 1. The molecule has 0 aromatic heterocycles. The molecule has 0 bridgehead atoms. The summed E-state index contributed by atoms with van der Waals surface area (Å²) in [5, 5.41) is 12.0. The van der Waals surface area contributed by atoms with E-state index in [0.717, 1.165) is 11.1 Å². The van der Waals surface area contributed by atoms with E-state index >= 15 is 0 Å². The summed E-state index contributed by atoms with van der Waals surface area (Å²) in [4.78, 5) is 26.6. The summed E-state index contributed by atoms with van der Waals surface area (Å²) < 4.78 is 0. The Morgan fingerprint density at radius 1 is 1.00 bits per heavy atom. The molecular formula is C25H23N3O2. The predicted octanol–water partition coefficient (Wildman–Crippen LogP) is 4.92. The minimum atomic E-state index is -0.253. The van der Waals surface area contributed by atoms with Crippen molar-refractivity contribution in [2.75, 3.05) is 5.32 Å². The van der Waals surface area contributed by atoms with Crippen LogP contribution in [0.1, 0.15) is 46.9 Å². The number of rotatable bonds is 6. The number of nitrogens with one attached hydrogen (secondary N) is 1. The smallest absolute Gasteiger partial charge is 0.254 e. The molecule has 1 unspecified atom stereocenters. The third kappa shape index (κ3) is 5.12. The minimum Gasteiger partial charge on any atom is -0.328 e. The van der Waals surface area contributed by atoms with Crippen molar-refractivity contribution in [2.24, 2.45) is 0 Å². The van der Waals surface area contributed by atoms with E-state index in [1.54, 1.807) is 29.2 Å². The molecule has 0 radical (unpaired) electrons. The van der Waals surface area contributed by atoms with Gasteiger partial charge >= 0.3 is 0 Å². The fraction of sp³-hybridized carbons (Fsp3) is 0.160. The largest absolute Gasteiger partial charge is 0.328 e. The van der Waals surface area contributed by atoms with Crippen molar-refractivity contribution in [3.63, 3.8) is 0 Å². The summed E-state index contributed by atoms with van der Waals surface area (Å²) in [5.41, 5.74) is 3.51. The monoisotopic (exact) mass is 397 g/mol. The normalized spacial score (nSPS) is 11.2. The average molecular weight is 397 g/mol. The average Bonchev–Trinajstić information content (AvgIpc) is 2.77. The van der Waals surface area contributed by atoms with E-state index in [0.29, 0.717) is 23.4 Å². The van der Waals surface area contributed by atoms with Crippen molar-refractivity contribution in [1.82, 2.24) is 4.90 Å². The molecule has 0 aliphatic carbocycles. The summed E-state index contributed by atoms with van der Waals surface area (Å²) in [6.45, 7) is 3.84. The first-order valence-corrected chi connectivity index (χ1v) is 9.70. The highest BCUT2D eigenvalue weighted by Gasteiger charge is 2.23. The van der Waals surface area contributed by atoms with Crippen molar-refractivity contribution in [3.8, 4) is 6.07 Å². The predicted molar refractivity (Wildman–Crippen MR) is 117 cm³/mol. The minimum absolute atomic E-state index is 0.148. The van der Waals surface area contributed by atoms with Gasteiger partial charge in [-0.05, 0) is 48.4 Å². The lowest BCUT2D eigenvalue weighted by Crippen LogP contribution is -2.33. The van der Waals surface area contributed by atoms with Gasteiger partial charge in [0.25, 0.3) is 5.91 Å². The van der Waals surface area contributed by atoms with Crippen molar-refractivity contribution < 1.29 is 9.59 Å². The molecule has 30 heavy (non-hydrogen) atoms. The van der Waals surface area contributed by atoms with Gasteiger partial charge in [0, 0.05) is 24.7 Å². The number of carbonyl (C=O) groups excluding carboxylic acids is 2. The van der Waals surface area contributed by atoms with Gasteiger partial charge in [-0.3, -0.25) is 9.59 Å². The van der Waals surface area contributed by atoms with Gasteiger partial charge in [0.15, 0.2) is 0 Å². The second-order valence-corrected chi connectivity index (χ2v) is 7.09. The number of amides is 2. The number of benzene rings is 3. The molecule has 3 rings (SSSR count). The summed E-state index contributed by atoms with van der Waals surface area (Å²) in [6.07, 6.45) is 0. The maximum absolute atomic E-state index is 13.4. The second-order valence-electron chi connectivity index (χ2n) is 7.09. The number of nitrogens with zero attached hydrogens (tertiary/aromatic N) is 2. The molecule has 5 nitrogen and oxygen atoms in total. The molecule has 0 fully saturated rings. The van der Waals surface area contributed by atoms with E-state index in [4.69, 9.17) is 0 Å². The Hall–Kier alpha value is -3.91. The fourth-order valence-electron chi connectivity index (χ4n) is 3.31. The van der Waals surface area contributed by atoms with Crippen LogP contribution < -0.4 is 5.32 Å². The zero-order valence-electron chi connectivity index (χ0n) is 17.0. The van der Waals surface area contributed by atoms with Crippen molar-refractivity contribution in [3.05, 3.63) is 101 Å². The first kappa shape index (κ1) is 20.8. The van der Waals surface area contributed by atoms with Gasteiger partial charge in [-0.1, -0.05) is 48.5 Å². The van der Waals surface area contributed by atoms with E-state index in [-0.39, 0.29) is 17.9 Å². The van der Waals surface area contributed by atoms with Crippen LogP contribution in [0.4, 0.5) is 5.69 Å². The molecule has 0 aliphatic rings. The van der Waals surface area contributed by atoms with Crippen LogP contribution in [0.5, 0.6) is 0 Å². The first-order valence-electron chi connectivity index (χ1n) is 9.70. The van der Waals surface area contributed by atoms with Gasteiger partial charge in [0.05, 0.1) is 17.7 Å². The Balaban J connectivity index is 1.97. The van der Waals surface area contributed by atoms with Crippen LogP contribution in [0.25, 0.3) is 0 Å². The molecule has 150 valence electrons. The van der Waals surface area contributed by atoms with Gasteiger partial charge in [-0.2, -0.15) is 5.26 Å². The molecule has 1 N–H and O–H groups in total. The van der Waals surface area contributed by atoms with Crippen molar-refractivity contribution in [1.29, 1.82) is 5.26 Å². The first-order chi connectivity index (χ1) is 14.5. The number of hydrogen-bond acceptors (Lipinski definition) is 3. The van der Waals surface area contributed by atoms with Crippen LogP contribution >= 0.6 is 0 Å². The third-order valence-corrected chi connectivity index (χ3v) is 4.85. The molecule has 3 aromatic rings. The molecular weight excluding hydrogens is 374 g/mol. The second kappa shape index (κ2) is 9.53. The molecule has 0 saturated heterocycles. The SMILES string of the molecule is CC(=O)Nc1cccc(C(C)N(Cc2ccccc2)C(=O)c2cccc(C#N)c2)c1. The summed E-state index contributed by atoms with van der Waals surface area (Å²) in [7, 11) is 0. The Morgan fingerprint density at radius 2 is 1.73 bits per heavy atom. The maximum atomic E-state index is 13.4. The van der Waals surface area contributed by atoms with E-state index in [9.17, 15) is 14.9 Å². The maximum Gasteiger partial charge on any atom is 0.254 e. The fourth-order valence-corrected chi connectivity index (χ4v) is 3.31. The topological polar surface area (TPSA) is 73.2 Å². The van der Waals surface area contributed by atoms with Crippen LogP contribution in [0, 0.1) is 11.3 Å². The van der Waals surface area contributed by atoms with E-state index < -0.39 is 0 Å². The highest BCUT2D eigenvalue weighted by molar-refractivity contribution is 5.95. The zero-order valence-corrected chi connectivity index (χ0v) is 17.0. The third-order valence-electron chi connectivity index (χ3n) is 4.85. The molecule has 3 aromatic carbocycles. The van der Waals surface area contributed by atoms with E-state index in [2.05, 4.69) is 11.4 Å². The Morgan fingerprint density at radius 3 is 2.43 bits per heavy atom. The lowest BCUT2D eigenvalue weighted by molar-refractivity contribution is -0.114. The van der Waals surface area contributed by atoms with E-state index in [1.165, 1.54) is 6.92 Å².